The second-order valence-corrected chi connectivity index (χ2v) is 4.45. The van der Waals surface area contributed by atoms with E-state index in [0.717, 1.165) is 23.2 Å². The lowest BCUT2D eigenvalue weighted by Gasteiger charge is -2.12. The van der Waals surface area contributed by atoms with Crippen molar-refractivity contribution in [1.82, 2.24) is 0 Å². The average molecular weight is 248 g/mol. The first-order valence-corrected chi connectivity index (χ1v) is 5.94. The van der Waals surface area contributed by atoms with Gasteiger partial charge in [0.2, 0.25) is 5.91 Å². The van der Waals surface area contributed by atoms with Crippen molar-refractivity contribution in [2.45, 2.75) is 32.7 Å². The lowest BCUT2D eigenvalue weighted by atomic mass is 10.0. The molecule has 0 fully saturated rings. The van der Waals surface area contributed by atoms with Crippen molar-refractivity contribution < 1.29 is 14.7 Å². The average Bonchev–Trinajstić information content (AvgIpc) is 2.72. The number of aryl methyl sites for hydroxylation is 1. The summed E-state index contributed by atoms with van der Waals surface area (Å²) in [6.07, 6.45) is 1.29. The molecule has 1 aliphatic heterocycles. The Hall–Kier alpha value is -2.04. The van der Waals surface area contributed by atoms with Gasteiger partial charge in [0.1, 0.15) is 6.04 Å². The predicted octanol–water partition coefficient (Wildman–Crippen LogP) is 1.63. The molecule has 0 saturated heterocycles. The summed E-state index contributed by atoms with van der Waals surface area (Å²) in [4.78, 5) is 22.2. The van der Waals surface area contributed by atoms with E-state index in [-0.39, 0.29) is 5.91 Å². The van der Waals surface area contributed by atoms with Crippen LogP contribution in [0.2, 0.25) is 0 Å². The normalized spacial score (nSPS) is 16.9. The van der Waals surface area contributed by atoms with Crippen LogP contribution in [0.3, 0.4) is 0 Å². The third-order valence-corrected chi connectivity index (χ3v) is 3.04. The smallest absolute Gasteiger partial charge is 0.326 e. The highest BCUT2D eigenvalue weighted by Gasteiger charge is 2.28. The van der Waals surface area contributed by atoms with Crippen LogP contribution in [0.5, 0.6) is 0 Å². The first kappa shape index (κ1) is 12.4. The maximum Gasteiger partial charge on any atom is 0.326 e. The first-order chi connectivity index (χ1) is 8.51. The molecule has 1 atom stereocenters. The second kappa shape index (κ2) is 4.68. The van der Waals surface area contributed by atoms with E-state index < -0.39 is 12.0 Å². The van der Waals surface area contributed by atoms with Crippen LogP contribution in [0.25, 0.3) is 0 Å². The molecule has 1 unspecified atom stereocenters. The van der Waals surface area contributed by atoms with Crippen LogP contribution in [0.15, 0.2) is 12.1 Å². The number of carbonyl (C=O) groups excluding carboxylic acids is 1. The fraction of sp³-hybridized carbons (Fsp3) is 0.385. The number of anilines is 2. The lowest BCUT2D eigenvalue weighted by Crippen LogP contribution is -2.26. The number of amides is 1. The number of nitrogens with one attached hydrogen (secondary N) is 2. The van der Waals surface area contributed by atoms with E-state index in [1.807, 2.05) is 19.1 Å². The van der Waals surface area contributed by atoms with Crippen molar-refractivity contribution in [2.24, 2.45) is 0 Å². The highest BCUT2D eigenvalue weighted by atomic mass is 16.4. The molecule has 1 aliphatic rings. The molecule has 1 amide bonds. The summed E-state index contributed by atoms with van der Waals surface area (Å²) in [7, 11) is 0. The molecule has 18 heavy (non-hydrogen) atoms. The molecule has 5 heteroatoms. The fourth-order valence-corrected chi connectivity index (χ4v) is 2.19. The van der Waals surface area contributed by atoms with Crippen molar-refractivity contribution in [3.8, 4) is 0 Å². The van der Waals surface area contributed by atoms with E-state index in [1.165, 1.54) is 6.92 Å². The Morgan fingerprint density at radius 2 is 2.22 bits per heavy atom. The zero-order chi connectivity index (χ0) is 13.3. The van der Waals surface area contributed by atoms with Gasteiger partial charge in [0.05, 0.1) is 11.4 Å². The van der Waals surface area contributed by atoms with Gasteiger partial charge >= 0.3 is 5.97 Å². The predicted molar refractivity (Wildman–Crippen MR) is 68.9 cm³/mol. The van der Waals surface area contributed by atoms with E-state index >= 15 is 0 Å². The number of carbonyl (C=O) groups is 2. The minimum absolute atomic E-state index is 0.161. The van der Waals surface area contributed by atoms with Crippen molar-refractivity contribution >= 4 is 23.3 Å². The van der Waals surface area contributed by atoms with Crippen molar-refractivity contribution in [1.29, 1.82) is 0 Å². The maximum atomic E-state index is 11.2. The van der Waals surface area contributed by atoms with Crippen LogP contribution < -0.4 is 10.6 Å². The van der Waals surface area contributed by atoms with Gasteiger partial charge in [-0.3, -0.25) is 4.79 Å². The molecule has 2 rings (SSSR count). The molecular formula is C13H16N2O3. The summed E-state index contributed by atoms with van der Waals surface area (Å²) in [5.41, 5.74) is 3.44. The SMILES string of the molecule is CCc1cc2c(c(NC(C)=O)c1)NC(C(=O)O)C2. The molecule has 1 aromatic carbocycles. The molecule has 0 radical (unpaired) electrons. The third kappa shape index (κ3) is 2.30. The molecule has 1 aromatic rings. The number of rotatable bonds is 3. The van der Waals surface area contributed by atoms with Crippen LogP contribution in [-0.4, -0.2) is 23.0 Å². The Morgan fingerprint density at radius 3 is 2.78 bits per heavy atom. The van der Waals surface area contributed by atoms with Gasteiger partial charge in [0.15, 0.2) is 0 Å². The number of hydrogen-bond donors (Lipinski definition) is 3. The van der Waals surface area contributed by atoms with Gasteiger partial charge in [0, 0.05) is 13.3 Å². The van der Waals surface area contributed by atoms with Gasteiger partial charge in [-0.15, -0.1) is 0 Å². The first-order valence-electron chi connectivity index (χ1n) is 5.94. The molecule has 0 aliphatic carbocycles. The van der Waals surface area contributed by atoms with Crippen LogP contribution in [0.1, 0.15) is 25.0 Å². The highest BCUT2D eigenvalue weighted by molar-refractivity contribution is 5.95. The molecule has 0 aromatic heterocycles. The number of carboxylic acid groups (broad SMARTS) is 1. The minimum Gasteiger partial charge on any atom is -0.480 e. The van der Waals surface area contributed by atoms with Crippen LogP contribution >= 0.6 is 0 Å². The monoisotopic (exact) mass is 248 g/mol. The van der Waals surface area contributed by atoms with Gasteiger partial charge < -0.3 is 15.7 Å². The summed E-state index contributed by atoms with van der Waals surface area (Å²) in [6, 6.07) is 3.27. The number of benzene rings is 1. The van der Waals surface area contributed by atoms with E-state index in [2.05, 4.69) is 10.6 Å². The molecule has 96 valence electrons. The largest absolute Gasteiger partial charge is 0.480 e. The molecule has 0 bridgehead atoms. The summed E-state index contributed by atoms with van der Waals surface area (Å²) in [6.45, 7) is 3.46. The summed E-state index contributed by atoms with van der Waals surface area (Å²) in [5, 5.41) is 14.7. The molecule has 3 N–H and O–H groups in total. The third-order valence-electron chi connectivity index (χ3n) is 3.04. The Bertz CT molecular complexity index is 511. The minimum atomic E-state index is -0.877. The van der Waals surface area contributed by atoms with E-state index in [4.69, 9.17) is 5.11 Å². The van der Waals surface area contributed by atoms with Gasteiger partial charge in [-0.05, 0) is 23.6 Å². The standard InChI is InChI=1S/C13H16N2O3/c1-3-8-4-9-6-11(13(17)18)15-12(9)10(5-8)14-7(2)16/h4-5,11,15H,3,6H2,1-2H3,(H,14,16)(H,17,18). The van der Waals surface area contributed by atoms with E-state index in [0.29, 0.717) is 12.1 Å². The van der Waals surface area contributed by atoms with Gasteiger partial charge in [-0.2, -0.15) is 0 Å². The quantitative estimate of drug-likeness (QED) is 0.759. The van der Waals surface area contributed by atoms with Gasteiger partial charge in [0.25, 0.3) is 0 Å². The van der Waals surface area contributed by atoms with Gasteiger partial charge in [-0.25, -0.2) is 4.79 Å². The van der Waals surface area contributed by atoms with Crippen LogP contribution in [-0.2, 0) is 22.4 Å². The Kier molecular flexibility index (Phi) is 3.23. The lowest BCUT2D eigenvalue weighted by molar-refractivity contribution is -0.137. The Morgan fingerprint density at radius 1 is 1.50 bits per heavy atom. The summed E-state index contributed by atoms with van der Waals surface area (Å²) >= 11 is 0. The highest BCUT2D eigenvalue weighted by Crippen LogP contribution is 2.35. The summed E-state index contributed by atoms with van der Waals surface area (Å²) in [5.74, 6) is -1.04. The van der Waals surface area contributed by atoms with Crippen molar-refractivity contribution in [3.63, 3.8) is 0 Å². The zero-order valence-corrected chi connectivity index (χ0v) is 10.4. The number of hydrogen-bond acceptors (Lipinski definition) is 3. The van der Waals surface area contributed by atoms with Crippen molar-refractivity contribution in [3.05, 3.63) is 23.3 Å². The molecular weight excluding hydrogens is 232 g/mol. The van der Waals surface area contributed by atoms with Crippen LogP contribution in [0.4, 0.5) is 11.4 Å². The second-order valence-electron chi connectivity index (χ2n) is 4.45. The Balaban J connectivity index is 2.40. The molecule has 0 spiro atoms. The van der Waals surface area contributed by atoms with Crippen LogP contribution in [0, 0.1) is 0 Å². The fourth-order valence-electron chi connectivity index (χ4n) is 2.19. The topological polar surface area (TPSA) is 78.4 Å². The number of carboxylic acids is 1. The maximum absolute atomic E-state index is 11.2. The van der Waals surface area contributed by atoms with E-state index in [1.54, 1.807) is 0 Å². The Labute approximate surface area is 105 Å². The van der Waals surface area contributed by atoms with Crippen molar-refractivity contribution in [2.75, 3.05) is 10.6 Å². The molecule has 5 nitrogen and oxygen atoms in total. The summed E-state index contributed by atoms with van der Waals surface area (Å²) < 4.78 is 0. The molecule has 1 heterocycles. The number of aliphatic carboxylic acids is 1. The van der Waals surface area contributed by atoms with E-state index in [9.17, 15) is 9.59 Å². The molecule has 0 saturated carbocycles. The zero-order valence-electron chi connectivity index (χ0n) is 10.4. The number of fused-ring (bicyclic) bond motifs is 1. The van der Waals surface area contributed by atoms with Gasteiger partial charge in [-0.1, -0.05) is 13.0 Å².